The van der Waals surface area contributed by atoms with Crippen LogP contribution in [0.1, 0.15) is 64.7 Å². The third kappa shape index (κ3) is 16.6. The summed E-state index contributed by atoms with van der Waals surface area (Å²) in [7, 11) is 0. The second-order valence-corrected chi connectivity index (χ2v) is 5.22. The Morgan fingerprint density at radius 1 is 1.05 bits per heavy atom. The maximum atomic E-state index is 10.3. The van der Waals surface area contributed by atoms with Gasteiger partial charge in [0.05, 0.1) is 6.10 Å². The molecule has 0 radical (unpaired) electrons. The van der Waals surface area contributed by atoms with E-state index in [1.165, 1.54) is 12.8 Å². The van der Waals surface area contributed by atoms with Crippen LogP contribution in [0.2, 0.25) is 0 Å². The van der Waals surface area contributed by atoms with Crippen molar-refractivity contribution in [2.24, 2.45) is 0 Å². The van der Waals surface area contributed by atoms with Crippen LogP contribution in [0.5, 0.6) is 0 Å². The van der Waals surface area contributed by atoms with Crippen molar-refractivity contribution >= 4 is 5.97 Å². The Kier molecular flexibility index (Phi) is 14.1. The van der Waals surface area contributed by atoms with Crippen LogP contribution < -0.4 is 0 Å². The molecule has 0 aliphatic carbocycles. The van der Waals surface area contributed by atoms with Crippen molar-refractivity contribution in [2.45, 2.75) is 70.8 Å². The molecule has 0 bridgehead atoms. The molecule has 0 saturated heterocycles. The van der Waals surface area contributed by atoms with Crippen molar-refractivity contribution in [3.8, 4) is 0 Å². The van der Waals surface area contributed by atoms with Gasteiger partial charge in [-0.05, 0) is 32.1 Å². The first-order valence-electron chi connectivity index (χ1n) is 8.05. The quantitative estimate of drug-likeness (QED) is 0.296. The number of aliphatic hydroxyl groups is 1. The average Bonchev–Trinajstić information content (AvgIpc) is 2.44. The van der Waals surface area contributed by atoms with Crippen LogP contribution in [-0.4, -0.2) is 22.3 Å². The summed E-state index contributed by atoms with van der Waals surface area (Å²) in [4.78, 5) is 10.3. The van der Waals surface area contributed by atoms with Crippen LogP contribution in [0.25, 0.3) is 0 Å². The van der Waals surface area contributed by atoms with Crippen LogP contribution in [-0.2, 0) is 4.79 Å². The minimum atomic E-state index is -0.717. The topological polar surface area (TPSA) is 57.5 Å². The first-order valence-corrected chi connectivity index (χ1v) is 8.05. The fraction of sp³-hybridized carbons (Fsp3) is 0.611. The number of aliphatic hydroxyl groups excluding tert-OH is 1. The SMILES string of the molecule is CCCCCC(O)/C=C/C=C\C/C=C\CCCC[14C](=O)O. The third-order valence-corrected chi connectivity index (χ3v) is 3.13. The van der Waals surface area contributed by atoms with Crippen LogP contribution in [0.15, 0.2) is 36.5 Å². The van der Waals surface area contributed by atoms with Gasteiger partial charge in [-0.15, -0.1) is 0 Å². The Labute approximate surface area is 129 Å². The lowest BCUT2D eigenvalue weighted by molar-refractivity contribution is -0.137. The molecule has 0 aliphatic rings. The van der Waals surface area contributed by atoms with Gasteiger partial charge in [-0.25, -0.2) is 0 Å². The van der Waals surface area contributed by atoms with Crippen LogP contribution in [0, 0.1) is 0 Å². The molecule has 0 fully saturated rings. The number of carboxylic acids is 1. The maximum Gasteiger partial charge on any atom is 0.303 e. The molecule has 0 aromatic carbocycles. The van der Waals surface area contributed by atoms with Gasteiger partial charge in [0.1, 0.15) is 0 Å². The van der Waals surface area contributed by atoms with Gasteiger partial charge in [-0.1, -0.05) is 62.6 Å². The third-order valence-electron chi connectivity index (χ3n) is 3.13. The first-order chi connectivity index (χ1) is 10.2. The van der Waals surface area contributed by atoms with E-state index in [-0.39, 0.29) is 12.5 Å². The molecule has 3 nitrogen and oxygen atoms in total. The number of hydrogen-bond donors (Lipinski definition) is 2. The standard InChI is InChI=1S/C18H30O3/c1-2-3-11-14-17(19)15-12-9-7-5-4-6-8-10-13-16-18(20)21/h4,6-7,9,12,15,17,19H,2-3,5,8,10-11,13-14,16H2,1H3,(H,20,21)/b6-4-,9-7-,15-12+/i18+2. The number of hydrogen-bond acceptors (Lipinski definition) is 2. The van der Waals surface area contributed by atoms with E-state index in [4.69, 9.17) is 5.11 Å². The van der Waals surface area contributed by atoms with E-state index in [9.17, 15) is 9.90 Å². The minimum absolute atomic E-state index is 0.263. The molecule has 3 heteroatoms. The second kappa shape index (κ2) is 15.0. The van der Waals surface area contributed by atoms with Crippen molar-refractivity contribution in [3.63, 3.8) is 0 Å². The lowest BCUT2D eigenvalue weighted by Crippen LogP contribution is -2.00. The zero-order chi connectivity index (χ0) is 15.8. The van der Waals surface area contributed by atoms with Gasteiger partial charge >= 0.3 is 5.97 Å². The number of rotatable bonds is 13. The van der Waals surface area contributed by atoms with Crippen molar-refractivity contribution in [1.29, 1.82) is 0 Å². The zero-order valence-corrected chi connectivity index (χ0v) is 13.2. The van der Waals surface area contributed by atoms with Crippen LogP contribution in [0.4, 0.5) is 0 Å². The van der Waals surface area contributed by atoms with Gasteiger partial charge in [0, 0.05) is 6.42 Å². The summed E-state index contributed by atoms with van der Waals surface area (Å²) in [5.74, 6) is -0.717. The lowest BCUT2D eigenvalue weighted by Gasteiger charge is -2.02. The normalized spacial score (nSPS) is 13.6. The summed E-state index contributed by atoms with van der Waals surface area (Å²) >= 11 is 0. The van der Waals surface area contributed by atoms with Crippen molar-refractivity contribution < 1.29 is 15.0 Å². The Balaban J connectivity index is 3.51. The molecule has 1 atom stereocenters. The van der Waals surface area contributed by atoms with E-state index >= 15 is 0 Å². The van der Waals surface area contributed by atoms with Gasteiger partial charge in [0.2, 0.25) is 0 Å². The monoisotopic (exact) mass is 296 g/mol. The van der Waals surface area contributed by atoms with E-state index < -0.39 is 5.97 Å². The van der Waals surface area contributed by atoms with Gasteiger partial charge < -0.3 is 10.2 Å². The van der Waals surface area contributed by atoms with Gasteiger partial charge in [0.25, 0.3) is 0 Å². The fourth-order valence-electron chi connectivity index (χ4n) is 1.88. The molecule has 120 valence electrons. The molecule has 0 saturated carbocycles. The summed E-state index contributed by atoms with van der Waals surface area (Å²) in [5.41, 5.74) is 0. The predicted octanol–water partition coefficient (Wildman–Crippen LogP) is 4.63. The van der Waals surface area contributed by atoms with E-state index in [1.807, 2.05) is 24.3 Å². The Hall–Kier alpha value is -1.35. The van der Waals surface area contributed by atoms with Crippen molar-refractivity contribution in [3.05, 3.63) is 36.5 Å². The molecule has 0 rings (SSSR count). The predicted molar refractivity (Wildman–Crippen MR) is 88.3 cm³/mol. The molecule has 0 aliphatic heterocycles. The van der Waals surface area contributed by atoms with Crippen molar-refractivity contribution in [2.75, 3.05) is 0 Å². The molecule has 1 unspecified atom stereocenters. The highest BCUT2D eigenvalue weighted by Crippen LogP contribution is 2.04. The Bertz CT molecular complexity index is 329. The number of carboxylic acid groups (broad SMARTS) is 1. The van der Waals surface area contributed by atoms with Crippen LogP contribution >= 0.6 is 0 Å². The van der Waals surface area contributed by atoms with Gasteiger partial charge in [0.15, 0.2) is 0 Å². The molecule has 0 amide bonds. The number of carbonyl (C=O) groups is 1. The van der Waals surface area contributed by atoms with Gasteiger partial charge in [-0.3, -0.25) is 4.79 Å². The van der Waals surface area contributed by atoms with E-state index in [2.05, 4.69) is 19.1 Å². The summed E-state index contributed by atoms with van der Waals surface area (Å²) in [6.45, 7) is 2.16. The lowest BCUT2D eigenvalue weighted by atomic mass is 10.1. The van der Waals surface area contributed by atoms with Crippen LogP contribution in [0.3, 0.4) is 0 Å². The molecule has 0 heterocycles. The summed E-state index contributed by atoms with van der Waals surface area (Å²) in [5, 5.41) is 18.1. The van der Waals surface area contributed by atoms with E-state index in [0.29, 0.717) is 0 Å². The molecule has 0 aromatic rings. The highest BCUT2D eigenvalue weighted by molar-refractivity contribution is 5.66. The molecular formula is C18H30O3. The average molecular weight is 296 g/mol. The number of unbranched alkanes of at least 4 members (excludes halogenated alkanes) is 4. The van der Waals surface area contributed by atoms with Gasteiger partial charge in [-0.2, -0.15) is 0 Å². The Morgan fingerprint density at radius 3 is 2.57 bits per heavy atom. The van der Waals surface area contributed by atoms with Crippen molar-refractivity contribution in [1.82, 2.24) is 0 Å². The first kappa shape index (κ1) is 19.7. The minimum Gasteiger partial charge on any atom is -0.481 e. The summed E-state index contributed by atoms with van der Waals surface area (Å²) in [6, 6.07) is 0. The molecule has 0 spiro atoms. The highest BCUT2D eigenvalue weighted by atomic mass is 16.6. The Morgan fingerprint density at radius 2 is 1.86 bits per heavy atom. The maximum absolute atomic E-state index is 10.3. The largest absolute Gasteiger partial charge is 0.481 e. The van der Waals surface area contributed by atoms with E-state index in [0.717, 1.165) is 38.5 Å². The fourth-order valence-corrected chi connectivity index (χ4v) is 1.88. The molecule has 0 aromatic heterocycles. The number of aliphatic carboxylic acids is 1. The summed E-state index contributed by atoms with van der Waals surface area (Å²) in [6.07, 6.45) is 19.6. The summed E-state index contributed by atoms with van der Waals surface area (Å²) < 4.78 is 0. The van der Waals surface area contributed by atoms with E-state index in [1.54, 1.807) is 0 Å². The highest BCUT2D eigenvalue weighted by Gasteiger charge is 1.96. The number of allylic oxidation sites excluding steroid dienone is 5. The second-order valence-electron chi connectivity index (χ2n) is 5.22. The smallest absolute Gasteiger partial charge is 0.303 e. The molecule has 21 heavy (non-hydrogen) atoms. The molecular weight excluding hydrogens is 266 g/mol. The zero-order valence-electron chi connectivity index (χ0n) is 13.2. The molecule has 2 N–H and O–H groups in total.